The van der Waals surface area contributed by atoms with E-state index in [9.17, 15) is 18.0 Å². The third-order valence-corrected chi connectivity index (χ3v) is 5.58. The van der Waals surface area contributed by atoms with E-state index < -0.39 is 28.1 Å². The van der Waals surface area contributed by atoms with Gasteiger partial charge in [-0.2, -0.15) is 10.5 Å². The van der Waals surface area contributed by atoms with Crippen LogP contribution in [0, 0.1) is 22.7 Å². The number of nitrogens with zero attached hydrogens (tertiary/aromatic N) is 3. The maximum Gasteiger partial charge on any atom is 0.339 e. The molecule has 0 aliphatic heterocycles. The fourth-order valence-electron chi connectivity index (χ4n) is 3.14. The van der Waals surface area contributed by atoms with Gasteiger partial charge in [-0.3, -0.25) is 5.32 Å². The Labute approximate surface area is 169 Å². The lowest BCUT2D eigenvalue weighted by Gasteiger charge is -2.32. The predicted molar refractivity (Wildman–Crippen MR) is 107 cm³/mol. The highest BCUT2D eigenvalue weighted by Crippen LogP contribution is 2.24. The van der Waals surface area contributed by atoms with Crippen molar-refractivity contribution in [2.45, 2.75) is 38.1 Å². The van der Waals surface area contributed by atoms with E-state index in [1.807, 2.05) is 0 Å². The highest BCUT2D eigenvalue weighted by molar-refractivity contribution is 7.88. The summed E-state index contributed by atoms with van der Waals surface area (Å²) in [5.74, 6) is 0. The Morgan fingerprint density at radius 1 is 1.10 bits per heavy atom. The molecule has 1 fully saturated rings. The molecule has 0 spiro atoms. The van der Waals surface area contributed by atoms with Crippen molar-refractivity contribution < 1.29 is 18.0 Å². The number of amides is 4. The van der Waals surface area contributed by atoms with E-state index in [2.05, 4.69) is 10.6 Å². The minimum Gasteiger partial charge on any atom is -0.308 e. The second-order valence-electron chi connectivity index (χ2n) is 6.64. The number of sulfonamides is 1. The average Bonchev–Trinajstić information content (AvgIpc) is 2.67. The third-order valence-electron chi connectivity index (χ3n) is 4.40. The van der Waals surface area contributed by atoms with E-state index >= 15 is 0 Å². The van der Waals surface area contributed by atoms with Crippen LogP contribution in [0.2, 0.25) is 0 Å². The number of benzene rings is 1. The molecule has 0 atom stereocenters. The van der Waals surface area contributed by atoms with E-state index in [0.717, 1.165) is 29.8 Å². The van der Waals surface area contributed by atoms with Gasteiger partial charge in [0, 0.05) is 11.7 Å². The average molecular weight is 415 g/mol. The van der Waals surface area contributed by atoms with Gasteiger partial charge >= 0.3 is 12.1 Å². The number of carbonyl (C=O) groups is 2. The molecule has 1 aromatic carbocycles. The van der Waals surface area contributed by atoms with Crippen LogP contribution in [0.25, 0.3) is 6.08 Å². The van der Waals surface area contributed by atoms with Crippen molar-refractivity contribution in [3.8, 4) is 12.1 Å². The number of imide groups is 1. The van der Waals surface area contributed by atoms with Crippen molar-refractivity contribution in [1.82, 2.24) is 9.62 Å². The molecule has 1 aromatic rings. The van der Waals surface area contributed by atoms with Gasteiger partial charge in [0.1, 0.15) is 17.7 Å². The van der Waals surface area contributed by atoms with Crippen LogP contribution >= 0.6 is 0 Å². The molecule has 2 rings (SSSR count). The van der Waals surface area contributed by atoms with Gasteiger partial charge in [-0.05, 0) is 36.6 Å². The summed E-state index contributed by atoms with van der Waals surface area (Å²) < 4.78 is 24.9. The second kappa shape index (κ2) is 9.71. The Hall–Kier alpha value is -3.37. The lowest BCUT2D eigenvalue weighted by Crippen LogP contribution is -2.51. The number of anilines is 1. The number of nitrogens with one attached hydrogen (secondary N) is 2. The molecule has 0 unspecified atom stereocenters. The Balaban J connectivity index is 2.03. The SMILES string of the molecule is CS(=O)(=O)N(C(=O)NC(=O)Nc1ccc(C=C(C#N)C#N)cc1)C1CCCCC1. The standard InChI is InChI=1S/C19H21N5O4S/c1-29(27,28)24(17-5-3-2-4-6-17)19(26)23-18(25)22-16-9-7-14(8-10-16)11-15(12-20)13-21/h7-11,17H,2-6H2,1H3,(H2,22,23,25,26). The molecule has 10 heteroatoms. The van der Waals surface area contributed by atoms with Gasteiger partial charge in [0.05, 0.1) is 6.26 Å². The molecule has 0 saturated heterocycles. The van der Waals surface area contributed by atoms with Crippen LogP contribution < -0.4 is 10.6 Å². The van der Waals surface area contributed by atoms with Crippen LogP contribution in [0.4, 0.5) is 15.3 Å². The summed E-state index contributed by atoms with van der Waals surface area (Å²) in [6.07, 6.45) is 6.14. The minimum atomic E-state index is -3.82. The van der Waals surface area contributed by atoms with E-state index in [0.29, 0.717) is 24.1 Å². The third kappa shape index (κ3) is 6.33. The van der Waals surface area contributed by atoms with E-state index in [4.69, 9.17) is 10.5 Å². The molecule has 1 saturated carbocycles. The van der Waals surface area contributed by atoms with Crippen molar-refractivity contribution in [2.75, 3.05) is 11.6 Å². The van der Waals surface area contributed by atoms with Crippen LogP contribution in [0.1, 0.15) is 37.7 Å². The van der Waals surface area contributed by atoms with E-state index in [-0.39, 0.29) is 5.57 Å². The van der Waals surface area contributed by atoms with E-state index in [1.165, 1.54) is 18.2 Å². The molecule has 0 aromatic heterocycles. The second-order valence-corrected chi connectivity index (χ2v) is 8.50. The zero-order valence-electron chi connectivity index (χ0n) is 15.9. The van der Waals surface area contributed by atoms with Crippen molar-refractivity contribution in [3.63, 3.8) is 0 Å². The summed E-state index contributed by atoms with van der Waals surface area (Å²) in [4.78, 5) is 24.6. The summed E-state index contributed by atoms with van der Waals surface area (Å²) in [6.45, 7) is 0. The number of rotatable bonds is 4. The molecular weight excluding hydrogens is 394 g/mol. The topological polar surface area (TPSA) is 143 Å². The Morgan fingerprint density at radius 2 is 1.69 bits per heavy atom. The zero-order valence-corrected chi connectivity index (χ0v) is 16.7. The van der Waals surface area contributed by atoms with Crippen molar-refractivity contribution in [3.05, 3.63) is 35.4 Å². The summed E-state index contributed by atoms with van der Waals surface area (Å²) in [6, 6.07) is 7.41. The molecule has 1 aliphatic rings. The maximum absolute atomic E-state index is 12.4. The lowest BCUT2D eigenvalue weighted by atomic mass is 9.96. The molecule has 0 heterocycles. The highest BCUT2D eigenvalue weighted by Gasteiger charge is 2.33. The van der Waals surface area contributed by atoms with Gasteiger partial charge in [0.15, 0.2) is 0 Å². The first-order valence-corrected chi connectivity index (χ1v) is 10.8. The van der Waals surface area contributed by atoms with Crippen LogP contribution in [0.5, 0.6) is 0 Å². The van der Waals surface area contributed by atoms with Crippen molar-refractivity contribution >= 4 is 33.8 Å². The van der Waals surface area contributed by atoms with Gasteiger partial charge in [0.2, 0.25) is 10.0 Å². The number of hydrogen-bond acceptors (Lipinski definition) is 6. The number of allylic oxidation sites excluding steroid dienone is 1. The van der Waals surface area contributed by atoms with Crippen LogP contribution in [-0.4, -0.2) is 37.1 Å². The first-order valence-electron chi connectivity index (χ1n) is 8.98. The molecule has 0 radical (unpaired) electrons. The Bertz CT molecular complexity index is 965. The number of carbonyl (C=O) groups excluding carboxylic acids is 2. The highest BCUT2D eigenvalue weighted by atomic mass is 32.2. The number of hydrogen-bond donors (Lipinski definition) is 2. The molecule has 0 bridgehead atoms. The summed E-state index contributed by atoms with van der Waals surface area (Å²) in [5, 5.41) is 22.0. The monoisotopic (exact) mass is 415 g/mol. The molecule has 9 nitrogen and oxygen atoms in total. The molecule has 2 N–H and O–H groups in total. The molecule has 1 aliphatic carbocycles. The first-order chi connectivity index (χ1) is 13.7. The number of urea groups is 2. The van der Waals surface area contributed by atoms with E-state index in [1.54, 1.807) is 24.3 Å². The Morgan fingerprint density at radius 3 is 2.21 bits per heavy atom. The molecule has 4 amide bonds. The zero-order chi connectivity index (χ0) is 21.4. The van der Waals surface area contributed by atoms with Crippen LogP contribution in [-0.2, 0) is 10.0 Å². The quantitative estimate of drug-likeness (QED) is 0.724. The smallest absolute Gasteiger partial charge is 0.308 e. The van der Waals surface area contributed by atoms with Crippen molar-refractivity contribution in [2.24, 2.45) is 0 Å². The van der Waals surface area contributed by atoms with Crippen molar-refractivity contribution in [1.29, 1.82) is 10.5 Å². The molecular formula is C19H21N5O4S. The Kier molecular flexibility index (Phi) is 7.34. The first kappa shape index (κ1) is 21.9. The molecule has 29 heavy (non-hydrogen) atoms. The minimum absolute atomic E-state index is 0.0578. The fraction of sp³-hybridized carbons (Fsp3) is 0.368. The summed E-state index contributed by atoms with van der Waals surface area (Å²) >= 11 is 0. The van der Waals surface area contributed by atoms with Gasteiger partial charge in [-0.25, -0.2) is 22.3 Å². The maximum atomic E-state index is 12.4. The summed E-state index contributed by atoms with van der Waals surface area (Å²) in [5.41, 5.74) is 0.884. The number of nitriles is 2. The van der Waals surface area contributed by atoms with Gasteiger partial charge in [-0.15, -0.1) is 0 Å². The summed E-state index contributed by atoms with van der Waals surface area (Å²) in [7, 11) is -3.82. The largest absolute Gasteiger partial charge is 0.339 e. The normalized spacial score (nSPS) is 14.0. The van der Waals surface area contributed by atoms with Gasteiger partial charge in [0.25, 0.3) is 0 Å². The van der Waals surface area contributed by atoms with Gasteiger partial charge in [-0.1, -0.05) is 31.4 Å². The van der Waals surface area contributed by atoms with Crippen LogP contribution in [0.3, 0.4) is 0 Å². The van der Waals surface area contributed by atoms with Gasteiger partial charge < -0.3 is 5.32 Å². The van der Waals surface area contributed by atoms with Crippen LogP contribution in [0.15, 0.2) is 29.8 Å². The molecule has 152 valence electrons. The fourth-order valence-corrected chi connectivity index (χ4v) is 4.24. The lowest BCUT2D eigenvalue weighted by molar-refractivity contribution is 0.199. The predicted octanol–water partition coefficient (Wildman–Crippen LogP) is 2.95.